The van der Waals surface area contributed by atoms with Crippen LogP contribution in [0.3, 0.4) is 0 Å². The van der Waals surface area contributed by atoms with Gasteiger partial charge in [-0.05, 0) is 12.1 Å². The lowest BCUT2D eigenvalue weighted by molar-refractivity contribution is -0.136. The van der Waals surface area contributed by atoms with Gasteiger partial charge in [0.25, 0.3) is 0 Å². The van der Waals surface area contributed by atoms with Crippen LogP contribution in [0.1, 0.15) is 16.2 Å². The smallest absolute Gasteiger partial charge is 0.331 e. The van der Waals surface area contributed by atoms with Gasteiger partial charge in [-0.15, -0.1) is 0 Å². The Hall–Kier alpha value is -3.21. The second-order valence-electron chi connectivity index (χ2n) is 4.75. The zero-order valence-electron chi connectivity index (χ0n) is 12.1. The molecule has 1 heterocycles. The van der Waals surface area contributed by atoms with Crippen LogP contribution in [-0.4, -0.2) is 23.3 Å². The van der Waals surface area contributed by atoms with Gasteiger partial charge < -0.3 is 9.15 Å². The van der Waals surface area contributed by atoms with Crippen LogP contribution in [0.15, 0.2) is 65.1 Å². The van der Waals surface area contributed by atoms with E-state index in [0.717, 1.165) is 0 Å². The number of rotatable bonds is 5. The van der Waals surface area contributed by atoms with Crippen molar-refractivity contribution in [3.05, 3.63) is 72.1 Å². The highest BCUT2D eigenvalue weighted by Gasteiger charge is 2.08. The van der Waals surface area contributed by atoms with Crippen molar-refractivity contribution < 1.29 is 18.7 Å². The Balaban J connectivity index is 1.57. The fourth-order valence-electron chi connectivity index (χ4n) is 1.99. The highest BCUT2D eigenvalue weighted by molar-refractivity contribution is 5.98. The monoisotopic (exact) mass is 307 g/mol. The molecule has 0 fully saturated rings. The summed E-state index contributed by atoms with van der Waals surface area (Å²) in [7, 11) is 0. The molecule has 0 aliphatic heterocycles. The summed E-state index contributed by atoms with van der Waals surface area (Å²) in [6.07, 6.45) is 2.60. The Morgan fingerprint density at radius 3 is 2.57 bits per heavy atom. The zero-order chi connectivity index (χ0) is 16.1. The van der Waals surface area contributed by atoms with Crippen molar-refractivity contribution in [2.24, 2.45) is 0 Å². The molecule has 5 nitrogen and oxygen atoms in total. The molecule has 0 bridgehead atoms. The van der Waals surface area contributed by atoms with Crippen molar-refractivity contribution in [2.75, 3.05) is 6.61 Å². The van der Waals surface area contributed by atoms with Crippen molar-refractivity contribution in [1.29, 1.82) is 0 Å². The highest BCUT2D eigenvalue weighted by Crippen LogP contribution is 2.15. The molecule has 0 N–H and O–H groups in total. The van der Waals surface area contributed by atoms with Gasteiger partial charge in [-0.25, -0.2) is 9.78 Å². The van der Waals surface area contributed by atoms with E-state index in [2.05, 4.69) is 4.98 Å². The summed E-state index contributed by atoms with van der Waals surface area (Å²) in [5.74, 6) is -0.580. The molecule has 3 aromatic rings. The summed E-state index contributed by atoms with van der Waals surface area (Å²) in [5.41, 5.74) is 1.85. The van der Waals surface area contributed by atoms with Gasteiger partial charge in [0.15, 0.2) is 18.0 Å². The minimum Gasteiger partial charge on any atom is -0.454 e. The van der Waals surface area contributed by atoms with Gasteiger partial charge in [-0.2, -0.15) is 0 Å². The van der Waals surface area contributed by atoms with E-state index in [-0.39, 0.29) is 12.4 Å². The molecule has 0 aliphatic rings. The largest absolute Gasteiger partial charge is 0.454 e. The van der Waals surface area contributed by atoms with E-state index in [9.17, 15) is 9.59 Å². The second kappa shape index (κ2) is 6.70. The average molecular weight is 307 g/mol. The number of Topliss-reactive ketones (excluding diaryl/α,β-unsaturated/α-hetero) is 1. The standard InChI is InChI=1S/C18H13NO4/c20-15(13-6-2-1-3-7-13)12-22-18(21)11-10-17-19-14-8-4-5-9-16(14)23-17/h1-11H,12H2/b11-10+. The first-order valence-corrected chi connectivity index (χ1v) is 7.01. The molecule has 5 heteroatoms. The number of benzene rings is 2. The maximum absolute atomic E-state index is 11.8. The first-order valence-electron chi connectivity index (χ1n) is 7.01. The number of aromatic nitrogens is 1. The lowest BCUT2D eigenvalue weighted by Crippen LogP contribution is -2.12. The number of ketones is 1. The molecule has 2 aromatic carbocycles. The van der Waals surface area contributed by atoms with Gasteiger partial charge in [0.1, 0.15) is 5.52 Å². The zero-order valence-corrected chi connectivity index (χ0v) is 12.1. The van der Waals surface area contributed by atoms with E-state index < -0.39 is 5.97 Å². The third-order valence-corrected chi connectivity index (χ3v) is 3.11. The van der Waals surface area contributed by atoms with E-state index in [4.69, 9.17) is 9.15 Å². The number of para-hydroxylation sites is 2. The molecule has 114 valence electrons. The summed E-state index contributed by atoms with van der Waals surface area (Å²) in [6, 6.07) is 15.9. The maximum atomic E-state index is 11.8. The maximum Gasteiger partial charge on any atom is 0.331 e. The Kier molecular flexibility index (Phi) is 4.29. The summed E-state index contributed by atoms with van der Waals surface area (Å²) in [5, 5.41) is 0. The van der Waals surface area contributed by atoms with Crippen LogP contribution in [0.4, 0.5) is 0 Å². The van der Waals surface area contributed by atoms with Crippen LogP contribution in [0.25, 0.3) is 17.2 Å². The Bertz CT molecular complexity index is 832. The Morgan fingerprint density at radius 2 is 1.78 bits per heavy atom. The second-order valence-corrected chi connectivity index (χ2v) is 4.75. The van der Waals surface area contributed by atoms with Crippen LogP contribution in [0.2, 0.25) is 0 Å². The number of carbonyl (C=O) groups excluding carboxylic acids is 2. The van der Waals surface area contributed by atoms with Crippen LogP contribution >= 0.6 is 0 Å². The van der Waals surface area contributed by atoms with Crippen molar-refractivity contribution in [3.8, 4) is 0 Å². The molecular formula is C18H13NO4. The number of nitrogens with zero attached hydrogens (tertiary/aromatic N) is 1. The van der Waals surface area contributed by atoms with Crippen LogP contribution < -0.4 is 0 Å². The third-order valence-electron chi connectivity index (χ3n) is 3.11. The van der Waals surface area contributed by atoms with Gasteiger partial charge in [0.05, 0.1) is 0 Å². The van der Waals surface area contributed by atoms with Crippen molar-refractivity contribution >= 4 is 28.9 Å². The first kappa shape index (κ1) is 14.7. The van der Waals surface area contributed by atoms with Gasteiger partial charge in [0.2, 0.25) is 5.89 Å². The van der Waals surface area contributed by atoms with Crippen molar-refractivity contribution in [1.82, 2.24) is 4.98 Å². The molecule has 0 saturated heterocycles. The molecule has 0 amide bonds. The number of hydrogen-bond donors (Lipinski definition) is 0. The Labute approximate surface area is 132 Å². The number of hydrogen-bond acceptors (Lipinski definition) is 5. The summed E-state index contributed by atoms with van der Waals surface area (Å²) in [4.78, 5) is 27.6. The van der Waals surface area contributed by atoms with Crippen molar-refractivity contribution in [2.45, 2.75) is 0 Å². The number of carbonyl (C=O) groups is 2. The van der Waals surface area contributed by atoms with E-state index in [1.54, 1.807) is 30.3 Å². The molecule has 0 radical (unpaired) electrons. The molecule has 0 aliphatic carbocycles. The molecule has 23 heavy (non-hydrogen) atoms. The quantitative estimate of drug-likeness (QED) is 0.411. The van der Waals surface area contributed by atoms with Crippen LogP contribution in [0, 0.1) is 0 Å². The Morgan fingerprint density at radius 1 is 1.04 bits per heavy atom. The SMILES string of the molecule is O=C(/C=C/c1nc2ccccc2o1)OCC(=O)c1ccccc1. The number of ether oxygens (including phenoxy) is 1. The predicted molar refractivity (Wildman–Crippen MR) is 84.8 cm³/mol. The fraction of sp³-hybridized carbons (Fsp3) is 0.0556. The lowest BCUT2D eigenvalue weighted by atomic mass is 10.1. The van der Waals surface area contributed by atoms with Gasteiger partial charge in [0, 0.05) is 17.7 Å². The van der Waals surface area contributed by atoms with E-state index in [1.165, 1.54) is 12.2 Å². The van der Waals surface area contributed by atoms with Crippen LogP contribution in [-0.2, 0) is 9.53 Å². The molecule has 0 spiro atoms. The number of fused-ring (bicyclic) bond motifs is 1. The van der Waals surface area contributed by atoms with Crippen LogP contribution in [0.5, 0.6) is 0 Å². The van der Waals surface area contributed by atoms with E-state index in [1.807, 2.05) is 24.3 Å². The molecule has 3 rings (SSSR count). The number of esters is 1. The molecular weight excluding hydrogens is 294 g/mol. The van der Waals surface area contributed by atoms with E-state index in [0.29, 0.717) is 22.6 Å². The minimum atomic E-state index is -0.628. The molecule has 0 atom stereocenters. The number of oxazole rings is 1. The highest BCUT2D eigenvalue weighted by atomic mass is 16.5. The summed E-state index contributed by atoms with van der Waals surface area (Å²) < 4.78 is 10.4. The normalized spacial score (nSPS) is 11.0. The van der Waals surface area contributed by atoms with Crippen molar-refractivity contribution in [3.63, 3.8) is 0 Å². The average Bonchev–Trinajstić information content (AvgIpc) is 3.01. The van der Waals surface area contributed by atoms with Gasteiger partial charge >= 0.3 is 5.97 Å². The molecule has 0 saturated carbocycles. The van der Waals surface area contributed by atoms with E-state index >= 15 is 0 Å². The topological polar surface area (TPSA) is 69.4 Å². The molecule has 1 aromatic heterocycles. The summed E-state index contributed by atoms with van der Waals surface area (Å²) >= 11 is 0. The molecule has 0 unspecified atom stereocenters. The fourth-order valence-corrected chi connectivity index (χ4v) is 1.99. The van der Waals surface area contributed by atoms with Gasteiger partial charge in [-0.3, -0.25) is 4.79 Å². The third kappa shape index (κ3) is 3.71. The predicted octanol–water partition coefficient (Wildman–Crippen LogP) is 3.27. The lowest BCUT2D eigenvalue weighted by Gasteiger charge is -2.01. The van der Waals surface area contributed by atoms with Gasteiger partial charge in [-0.1, -0.05) is 42.5 Å². The first-order chi connectivity index (χ1) is 11.2. The minimum absolute atomic E-state index is 0.255. The summed E-state index contributed by atoms with van der Waals surface area (Å²) in [6.45, 7) is -0.305.